The first kappa shape index (κ1) is 20.2. The Bertz CT molecular complexity index is 874. The number of nitrogen functional groups attached to an aromatic ring is 2. The molecule has 3 rings (SSSR count). The molecule has 1 heterocycles. The van der Waals surface area contributed by atoms with Crippen LogP contribution in [0.2, 0.25) is 0 Å². The van der Waals surface area contributed by atoms with Crippen LogP contribution in [-0.4, -0.2) is 21.7 Å². The van der Waals surface area contributed by atoms with E-state index >= 15 is 0 Å². The maximum Gasteiger partial charge on any atom is 0.221 e. The first-order valence-electron chi connectivity index (χ1n) is 7.02. The number of imidazole rings is 1. The van der Waals surface area contributed by atoms with Crippen LogP contribution in [0.3, 0.4) is 0 Å². The highest BCUT2D eigenvalue weighted by molar-refractivity contribution is 5.96. The maximum absolute atomic E-state index is 7.46. The molecule has 0 aliphatic rings. The van der Waals surface area contributed by atoms with Crippen LogP contribution in [0, 0.1) is 5.41 Å². The van der Waals surface area contributed by atoms with Gasteiger partial charge in [-0.1, -0.05) is 48.5 Å². The van der Waals surface area contributed by atoms with Crippen molar-refractivity contribution in [3.05, 3.63) is 71.9 Å². The fourth-order valence-corrected chi connectivity index (χ4v) is 2.14. The third-order valence-corrected chi connectivity index (χ3v) is 3.31. The number of rotatable bonds is 4. The number of amidine groups is 1. The lowest BCUT2D eigenvalue weighted by molar-refractivity contribution is 0.898. The molecule has 3 aromatic rings. The van der Waals surface area contributed by atoms with Crippen LogP contribution in [0.25, 0.3) is 11.3 Å². The van der Waals surface area contributed by atoms with Gasteiger partial charge in [-0.15, -0.1) is 24.8 Å². The average molecular weight is 377 g/mol. The summed E-state index contributed by atoms with van der Waals surface area (Å²) < 4.78 is 1.52. The molecule has 0 amide bonds. The Kier molecular flexibility index (Phi) is 7.17. The summed E-state index contributed by atoms with van der Waals surface area (Å²) in [5.74, 6) is 0.330. The van der Waals surface area contributed by atoms with Crippen molar-refractivity contribution in [1.82, 2.24) is 9.66 Å². The molecule has 0 fully saturated rings. The second kappa shape index (κ2) is 8.86. The number of hydrogen-bond donors (Lipinski definition) is 3. The highest BCUT2D eigenvalue weighted by Crippen LogP contribution is 2.19. The normalized spacial score (nSPS) is 10.1. The first-order valence-corrected chi connectivity index (χ1v) is 7.02. The third-order valence-electron chi connectivity index (χ3n) is 3.31. The zero-order valence-electron chi connectivity index (χ0n) is 13.2. The van der Waals surface area contributed by atoms with Crippen molar-refractivity contribution in [2.24, 2.45) is 10.8 Å². The number of aromatic nitrogens is 2. The lowest BCUT2D eigenvalue weighted by atomic mass is 10.1. The molecule has 0 bridgehead atoms. The summed E-state index contributed by atoms with van der Waals surface area (Å²) in [5, 5.41) is 11.8. The van der Waals surface area contributed by atoms with Gasteiger partial charge >= 0.3 is 0 Å². The van der Waals surface area contributed by atoms with Crippen molar-refractivity contribution in [3.8, 4) is 11.3 Å². The fourth-order valence-electron chi connectivity index (χ4n) is 2.14. The van der Waals surface area contributed by atoms with E-state index in [1.807, 2.05) is 42.5 Å². The average Bonchev–Trinajstić information content (AvgIpc) is 2.95. The SMILES string of the molecule is Cl.Cl.N=C(N)c1cccc(C=Nn2cc(-c3ccccc3)nc2N)c1. The molecule has 25 heavy (non-hydrogen) atoms. The number of nitrogens with zero attached hydrogens (tertiary/aromatic N) is 3. The van der Waals surface area contributed by atoms with Gasteiger partial charge in [-0.25, -0.2) is 9.66 Å². The van der Waals surface area contributed by atoms with Crippen LogP contribution in [0.1, 0.15) is 11.1 Å². The summed E-state index contributed by atoms with van der Waals surface area (Å²) in [6, 6.07) is 17.0. The van der Waals surface area contributed by atoms with E-state index in [0.717, 1.165) is 16.8 Å². The summed E-state index contributed by atoms with van der Waals surface area (Å²) >= 11 is 0. The van der Waals surface area contributed by atoms with Gasteiger partial charge in [0.15, 0.2) is 0 Å². The van der Waals surface area contributed by atoms with Crippen molar-refractivity contribution in [1.29, 1.82) is 5.41 Å². The summed E-state index contributed by atoms with van der Waals surface area (Å²) in [5.41, 5.74) is 14.6. The van der Waals surface area contributed by atoms with Gasteiger partial charge in [-0.05, 0) is 11.6 Å². The van der Waals surface area contributed by atoms with Crippen LogP contribution >= 0.6 is 24.8 Å². The number of nitrogens with one attached hydrogen (secondary N) is 1. The van der Waals surface area contributed by atoms with E-state index in [2.05, 4.69) is 10.1 Å². The molecule has 0 spiro atoms. The summed E-state index contributed by atoms with van der Waals surface area (Å²) in [7, 11) is 0. The molecule has 0 saturated carbocycles. The summed E-state index contributed by atoms with van der Waals surface area (Å²) in [6.07, 6.45) is 3.43. The molecule has 0 atom stereocenters. The second-order valence-electron chi connectivity index (χ2n) is 4.98. The fraction of sp³-hybridized carbons (Fsp3) is 0. The standard InChI is InChI=1S/C17H16N6.2ClH/c18-16(19)14-8-4-5-12(9-14)10-21-23-11-15(22-17(23)20)13-6-2-1-3-7-13;;/h1-11H,(H3,18,19)(H2,20,22);2*1H. The number of benzene rings is 2. The van der Waals surface area contributed by atoms with Crippen molar-refractivity contribution in [2.45, 2.75) is 0 Å². The van der Waals surface area contributed by atoms with Gasteiger partial charge in [0.05, 0.1) is 18.1 Å². The maximum atomic E-state index is 7.46. The van der Waals surface area contributed by atoms with Crippen molar-refractivity contribution >= 4 is 42.8 Å². The number of hydrogen-bond acceptors (Lipinski definition) is 4. The minimum absolute atomic E-state index is 0. The Balaban J connectivity index is 0.00000156. The Morgan fingerprint density at radius 3 is 2.48 bits per heavy atom. The van der Waals surface area contributed by atoms with Crippen molar-refractivity contribution in [3.63, 3.8) is 0 Å². The van der Waals surface area contributed by atoms with E-state index in [0.29, 0.717) is 11.5 Å². The number of anilines is 1. The second-order valence-corrected chi connectivity index (χ2v) is 4.98. The Hall–Kier alpha value is -2.83. The van der Waals surface area contributed by atoms with Gasteiger partial charge in [-0.2, -0.15) is 5.10 Å². The van der Waals surface area contributed by atoms with E-state index < -0.39 is 0 Å². The highest BCUT2D eigenvalue weighted by atomic mass is 35.5. The first-order chi connectivity index (χ1) is 11.1. The van der Waals surface area contributed by atoms with Gasteiger partial charge < -0.3 is 11.5 Å². The Labute approximate surface area is 157 Å². The number of nitrogens with two attached hydrogens (primary N) is 2. The van der Waals surface area contributed by atoms with E-state index in [4.69, 9.17) is 16.9 Å². The van der Waals surface area contributed by atoms with Crippen LogP contribution in [0.4, 0.5) is 5.95 Å². The molecule has 0 saturated heterocycles. The predicted octanol–water partition coefficient (Wildman–Crippen LogP) is 3.14. The predicted molar refractivity (Wildman–Crippen MR) is 107 cm³/mol. The molecule has 1 aromatic heterocycles. The minimum atomic E-state index is 0. The topological polar surface area (TPSA) is 106 Å². The monoisotopic (exact) mass is 376 g/mol. The molecule has 5 N–H and O–H groups in total. The van der Waals surface area contributed by atoms with E-state index in [1.165, 1.54) is 4.68 Å². The molecular weight excluding hydrogens is 359 g/mol. The van der Waals surface area contributed by atoms with Crippen LogP contribution in [-0.2, 0) is 0 Å². The Morgan fingerprint density at radius 1 is 1.08 bits per heavy atom. The third kappa shape index (κ3) is 4.82. The van der Waals surface area contributed by atoms with Crippen molar-refractivity contribution < 1.29 is 0 Å². The van der Waals surface area contributed by atoms with Gasteiger partial charge in [0.1, 0.15) is 5.84 Å². The molecule has 130 valence electrons. The summed E-state index contributed by atoms with van der Waals surface area (Å²) in [6.45, 7) is 0. The van der Waals surface area contributed by atoms with E-state index in [9.17, 15) is 0 Å². The zero-order valence-corrected chi connectivity index (χ0v) is 14.8. The van der Waals surface area contributed by atoms with E-state index in [1.54, 1.807) is 24.5 Å². The smallest absolute Gasteiger partial charge is 0.221 e. The van der Waals surface area contributed by atoms with Crippen molar-refractivity contribution in [2.75, 3.05) is 5.73 Å². The lowest BCUT2D eigenvalue weighted by Gasteiger charge is -1.99. The zero-order chi connectivity index (χ0) is 16.2. The lowest BCUT2D eigenvalue weighted by Crippen LogP contribution is -2.11. The Morgan fingerprint density at radius 2 is 1.80 bits per heavy atom. The molecule has 0 radical (unpaired) electrons. The summed E-state index contributed by atoms with van der Waals surface area (Å²) in [4.78, 5) is 4.31. The molecular formula is C17H18Cl2N6. The largest absolute Gasteiger partial charge is 0.384 e. The van der Waals surface area contributed by atoms with Gasteiger partial charge in [0, 0.05) is 11.1 Å². The number of halogens is 2. The molecule has 6 nitrogen and oxygen atoms in total. The van der Waals surface area contributed by atoms with Crippen LogP contribution in [0.5, 0.6) is 0 Å². The molecule has 2 aromatic carbocycles. The molecule has 8 heteroatoms. The molecule has 0 aliphatic heterocycles. The highest BCUT2D eigenvalue weighted by Gasteiger charge is 2.05. The minimum Gasteiger partial charge on any atom is -0.384 e. The van der Waals surface area contributed by atoms with E-state index in [-0.39, 0.29) is 30.6 Å². The van der Waals surface area contributed by atoms with Gasteiger partial charge in [0.25, 0.3) is 0 Å². The van der Waals surface area contributed by atoms with Gasteiger partial charge in [-0.3, -0.25) is 5.41 Å². The molecule has 0 aliphatic carbocycles. The van der Waals surface area contributed by atoms with Gasteiger partial charge in [0.2, 0.25) is 5.95 Å². The quantitative estimate of drug-likeness (QED) is 0.480. The van der Waals surface area contributed by atoms with Crippen LogP contribution in [0.15, 0.2) is 65.9 Å². The molecule has 0 unspecified atom stereocenters. The van der Waals surface area contributed by atoms with Crippen LogP contribution < -0.4 is 11.5 Å².